The normalized spacial score (nSPS) is 18.1. The second kappa shape index (κ2) is 25.1. The first-order chi connectivity index (χ1) is 33.3. The largest absolute Gasteiger partial charge is 0.381 e. The zero-order chi connectivity index (χ0) is 51.1. The molecule has 1 saturated carbocycles. The maximum Gasteiger partial charge on any atom is 0.321 e. The number of amides is 9. The van der Waals surface area contributed by atoms with Crippen LogP contribution in [0.1, 0.15) is 94.7 Å². The molecule has 4 unspecified atom stereocenters. The lowest BCUT2D eigenvalue weighted by Crippen LogP contribution is -2.61. The van der Waals surface area contributed by atoms with Crippen LogP contribution in [-0.4, -0.2) is 148 Å². The van der Waals surface area contributed by atoms with Gasteiger partial charge in [0.25, 0.3) is 11.8 Å². The first-order valence-electron chi connectivity index (χ1n) is 23.9. The Morgan fingerprint density at radius 2 is 1.46 bits per heavy atom. The van der Waals surface area contributed by atoms with Gasteiger partial charge in [-0.25, -0.2) is 9.78 Å². The highest BCUT2D eigenvalue weighted by molar-refractivity contribution is 5.98. The summed E-state index contributed by atoms with van der Waals surface area (Å²) >= 11 is 0. The van der Waals surface area contributed by atoms with Crippen LogP contribution in [0.3, 0.4) is 0 Å². The molecule has 20 heteroatoms. The summed E-state index contributed by atoms with van der Waals surface area (Å²) in [5, 5.41) is 27.9. The summed E-state index contributed by atoms with van der Waals surface area (Å²) in [6.45, 7) is 6.30. The van der Waals surface area contributed by atoms with E-state index in [0.29, 0.717) is 30.5 Å². The van der Waals surface area contributed by atoms with Gasteiger partial charge in [0.05, 0.1) is 30.7 Å². The molecule has 2 heterocycles. The van der Waals surface area contributed by atoms with Gasteiger partial charge in [-0.3, -0.25) is 38.5 Å². The predicted molar refractivity (Wildman–Crippen MR) is 260 cm³/mol. The van der Waals surface area contributed by atoms with Crippen molar-refractivity contribution in [3.8, 4) is 0 Å². The number of carbonyl (C=O) groups excluding carboxylic acids is 8. The molecule has 0 radical (unpaired) electrons. The smallest absolute Gasteiger partial charge is 0.321 e. The van der Waals surface area contributed by atoms with Gasteiger partial charge in [-0.15, -0.1) is 0 Å². The summed E-state index contributed by atoms with van der Waals surface area (Å²) in [6.07, 6.45) is 6.96. The van der Waals surface area contributed by atoms with E-state index in [0.717, 1.165) is 19.3 Å². The number of aliphatic hydroxyl groups is 1. The van der Waals surface area contributed by atoms with E-state index < -0.39 is 102 Å². The summed E-state index contributed by atoms with van der Waals surface area (Å²) in [5.41, 5.74) is 0.178. The lowest BCUT2D eigenvalue weighted by atomic mass is 9.82. The van der Waals surface area contributed by atoms with Gasteiger partial charge in [-0.1, -0.05) is 102 Å². The Balaban J connectivity index is 1.34. The minimum Gasteiger partial charge on any atom is -0.381 e. The van der Waals surface area contributed by atoms with Crippen LogP contribution in [0.5, 0.6) is 0 Å². The van der Waals surface area contributed by atoms with Crippen molar-refractivity contribution in [3.63, 3.8) is 0 Å². The Kier molecular flexibility index (Phi) is 19.3. The van der Waals surface area contributed by atoms with Gasteiger partial charge in [0, 0.05) is 52.3 Å². The van der Waals surface area contributed by atoms with E-state index in [4.69, 9.17) is 0 Å². The molecule has 1 saturated heterocycles. The molecule has 20 nitrogen and oxygen atoms in total. The molecule has 70 heavy (non-hydrogen) atoms. The van der Waals surface area contributed by atoms with Gasteiger partial charge < -0.3 is 51.7 Å². The Bertz CT molecular complexity index is 2270. The number of likely N-dealkylation sites (tertiary alicyclic amines) is 1. The number of nitrogens with one attached hydrogen (secondary N) is 6. The Labute approximate surface area is 409 Å². The van der Waals surface area contributed by atoms with E-state index >= 15 is 0 Å². The maximum absolute atomic E-state index is 14.9. The van der Waals surface area contributed by atoms with Crippen molar-refractivity contribution in [1.29, 1.82) is 0 Å². The summed E-state index contributed by atoms with van der Waals surface area (Å²) in [4.78, 5) is 123. The van der Waals surface area contributed by atoms with Crippen LogP contribution >= 0.6 is 0 Å². The molecule has 3 aromatic rings. The average Bonchev–Trinajstić information content (AvgIpc) is 3.81. The topological polar surface area (TPSA) is 264 Å². The molecule has 0 bridgehead atoms. The molecule has 378 valence electrons. The van der Waals surface area contributed by atoms with Crippen molar-refractivity contribution in [1.82, 2.24) is 51.3 Å². The number of benzene rings is 2. The van der Waals surface area contributed by atoms with Crippen molar-refractivity contribution in [2.24, 2.45) is 17.3 Å². The average molecular weight is 968 g/mol. The van der Waals surface area contributed by atoms with Crippen molar-refractivity contribution < 1.29 is 43.5 Å². The van der Waals surface area contributed by atoms with Crippen molar-refractivity contribution in [2.75, 3.05) is 46.1 Å². The summed E-state index contributed by atoms with van der Waals surface area (Å²) in [5.74, 6) is -5.69. The molecule has 2 aromatic carbocycles. The third-order valence-corrected chi connectivity index (χ3v) is 12.8. The lowest BCUT2D eigenvalue weighted by Gasteiger charge is -2.38. The highest BCUT2D eigenvalue weighted by atomic mass is 16.3. The molecule has 0 spiro atoms. The summed E-state index contributed by atoms with van der Waals surface area (Å²) < 4.78 is 0. The fraction of sp³-hybridized carbons (Fsp3) is 0.520. The minimum atomic E-state index is -1.83. The SMILES string of the molecule is CCC[C@H](NC(=O)[C@@H]1CN(C(=O)Nc2ccccc2)C[C@@H]1N(C)C(=O)C(NC(=O)C(NC(=O)c1cnccn1)C1CCCCC1)C(C)(C)C)C(O)C(=O)NCC(=O)NC(C(=O)N(C)C)c1ccccc1. The number of likely N-dealkylation sites (N-methyl/N-ethyl adjacent to an activating group) is 2. The maximum atomic E-state index is 14.9. The molecule has 2 fully saturated rings. The molecular weight excluding hydrogens is 899 g/mol. The van der Waals surface area contributed by atoms with E-state index in [9.17, 15) is 43.5 Å². The highest BCUT2D eigenvalue weighted by Crippen LogP contribution is 2.30. The van der Waals surface area contributed by atoms with E-state index in [1.807, 2.05) is 0 Å². The predicted octanol–water partition coefficient (Wildman–Crippen LogP) is 2.38. The van der Waals surface area contributed by atoms with Gasteiger partial charge in [-0.2, -0.15) is 0 Å². The van der Waals surface area contributed by atoms with Crippen LogP contribution in [0.4, 0.5) is 10.5 Å². The number of nitrogens with zero attached hydrogens (tertiary/aromatic N) is 5. The Hall–Kier alpha value is -6.96. The van der Waals surface area contributed by atoms with E-state index in [1.165, 1.54) is 40.3 Å². The molecule has 2 aliphatic rings. The fourth-order valence-electron chi connectivity index (χ4n) is 8.84. The first-order valence-corrected chi connectivity index (χ1v) is 23.9. The molecule has 1 aliphatic heterocycles. The monoisotopic (exact) mass is 968 g/mol. The van der Waals surface area contributed by atoms with E-state index in [1.54, 1.807) is 102 Å². The number of urea groups is 1. The number of carbonyl (C=O) groups is 8. The lowest BCUT2D eigenvalue weighted by molar-refractivity contribution is -0.142. The zero-order valence-electron chi connectivity index (χ0n) is 41.1. The molecule has 1 aromatic heterocycles. The zero-order valence-corrected chi connectivity index (χ0v) is 41.1. The summed E-state index contributed by atoms with van der Waals surface area (Å²) in [7, 11) is 4.60. The van der Waals surface area contributed by atoms with Gasteiger partial charge >= 0.3 is 6.03 Å². The fourth-order valence-corrected chi connectivity index (χ4v) is 8.84. The van der Waals surface area contributed by atoms with Crippen LogP contribution < -0.4 is 31.9 Å². The minimum absolute atomic E-state index is 0.0366. The molecule has 9 amide bonds. The van der Waals surface area contributed by atoms with Crippen molar-refractivity contribution in [2.45, 2.75) is 109 Å². The van der Waals surface area contributed by atoms with Gasteiger partial charge in [0.1, 0.15) is 23.8 Å². The number of aromatic nitrogens is 2. The Morgan fingerprint density at radius 3 is 2.06 bits per heavy atom. The number of hydrogen-bond donors (Lipinski definition) is 7. The standard InChI is InChI=1S/C50H69N11O9/c1-8-18-35(41(63)46(67)53-28-38(62)56-40(47(68)59(5)6)32-21-14-10-15-22-32)55-43(64)34-29-61(49(70)54-33-23-16-11-17-24-33)30-37(34)60(7)48(69)42(50(2,3)4)58-45(66)39(31-19-12-9-13-20-31)57-44(65)36-27-51-25-26-52-36/h10-11,14-17,21-27,31,34-35,37,39-42,63H,8-9,12-13,18-20,28-30H2,1-7H3,(H,53,67)(H,54,70)(H,55,64)(H,56,62)(H,57,65)(H,58,66)/t34-,35+,37+,39?,40?,41?,42?/m1/s1. The van der Waals surface area contributed by atoms with Gasteiger partial charge in [0.2, 0.25) is 29.5 Å². The van der Waals surface area contributed by atoms with E-state index in [-0.39, 0.29) is 31.1 Å². The molecule has 5 rings (SSSR count). The van der Waals surface area contributed by atoms with Crippen LogP contribution in [0.2, 0.25) is 0 Å². The molecule has 7 atom stereocenters. The van der Waals surface area contributed by atoms with Gasteiger partial charge in [-0.05, 0) is 48.3 Å². The molecular formula is C50H69N11O9. The quantitative estimate of drug-likeness (QED) is 0.0918. The third kappa shape index (κ3) is 14.5. The van der Waals surface area contributed by atoms with Crippen LogP contribution in [0.15, 0.2) is 79.3 Å². The number of anilines is 1. The second-order valence-corrected chi connectivity index (χ2v) is 19.3. The number of para-hydroxylation sites is 1. The highest BCUT2D eigenvalue weighted by Gasteiger charge is 2.47. The van der Waals surface area contributed by atoms with Crippen molar-refractivity contribution >= 4 is 53.1 Å². The van der Waals surface area contributed by atoms with Gasteiger partial charge in [0.15, 0.2) is 6.10 Å². The van der Waals surface area contributed by atoms with Crippen LogP contribution in [0, 0.1) is 17.3 Å². The van der Waals surface area contributed by atoms with Crippen LogP contribution in [-0.2, 0) is 28.8 Å². The molecule has 7 N–H and O–H groups in total. The first kappa shape index (κ1) is 54.0. The number of aliphatic hydroxyl groups excluding tert-OH is 1. The number of hydrogen-bond acceptors (Lipinski definition) is 11. The Morgan fingerprint density at radius 1 is 0.800 bits per heavy atom. The third-order valence-electron chi connectivity index (χ3n) is 12.8. The summed E-state index contributed by atoms with van der Waals surface area (Å²) in [6, 6.07) is 11.5. The van der Waals surface area contributed by atoms with E-state index in [2.05, 4.69) is 41.9 Å². The van der Waals surface area contributed by atoms with Crippen molar-refractivity contribution in [3.05, 3.63) is 90.5 Å². The second-order valence-electron chi connectivity index (χ2n) is 19.3. The van der Waals surface area contributed by atoms with Crippen LogP contribution in [0.25, 0.3) is 0 Å². The molecule has 1 aliphatic carbocycles. The number of rotatable bonds is 19.